The Kier molecular flexibility index (Phi) is 4.44. The first-order chi connectivity index (χ1) is 14.0. The molecule has 1 fully saturated rings. The summed E-state index contributed by atoms with van der Waals surface area (Å²) < 4.78 is 28.2. The summed E-state index contributed by atoms with van der Waals surface area (Å²) in [7, 11) is -1.50. The topological polar surface area (TPSA) is 56.8 Å². The molecule has 6 nitrogen and oxygen atoms in total. The average Bonchev–Trinajstić information content (AvgIpc) is 3.18. The number of piperazine rings is 1. The molecule has 1 saturated heterocycles. The summed E-state index contributed by atoms with van der Waals surface area (Å²) in [4.78, 5) is 9.35. The Morgan fingerprint density at radius 2 is 1.72 bits per heavy atom. The maximum absolute atomic E-state index is 13.3. The van der Waals surface area contributed by atoms with E-state index in [1.165, 1.54) is 10.5 Å². The molecule has 3 heterocycles. The second kappa shape index (κ2) is 7.00. The second-order valence-electron chi connectivity index (χ2n) is 7.79. The van der Waals surface area contributed by atoms with Gasteiger partial charge in [0.1, 0.15) is 4.90 Å². The number of benzene rings is 2. The zero-order valence-corrected chi connectivity index (χ0v) is 17.3. The van der Waals surface area contributed by atoms with Crippen LogP contribution in [0.1, 0.15) is 5.56 Å². The summed E-state index contributed by atoms with van der Waals surface area (Å²) in [5.74, 6) is 0. The molecule has 2 aliphatic heterocycles. The third kappa shape index (κ3) is 3.24. The van der Waals surface area contributed by atoms with Crippen LogP contribution >= 0.6 is 0 Å². The lowest BCUT2D eigenvalue weighted by atomic mass is 10.1. The smallest absolute Gasteiger partial charge is 0.265 e. The van der Waals surface area contributed by atoms with Crippen LogP contribution < -0.4 is 9.21 Å². The first kappa shape index (κ1) is 18.4. The molecule has 7 heteroatoms. The van der Waals surface area contributed by atoms with Gasteiger partial charge in [-0.25, -0.2) is 8.42 Å². The lowest BCUT2D eigenvalue weighted by Crippen LogP contribution is -2.44. The van der Waals surface area contributed by atoms with Gasteiger partial charge >= 0.3 is 0 Å². The summed E-state index contributed by atoms with van der Waals surface area (Å²) in [6.07, 6.45) is 2.22. The Labute approximate surface area is 171 Å². The molecular formula is C22H24N4O2S. The largest absolute Gasteiger partial charge is 0.369 e. The summed E-state index contributed by atoms with van der Waals surface area (Å²) in [6.45, 7) is 4.47. The van der Waals surface area contributed by atoms with Gasteiger partial charge in [-0.05, 0) is 49.4 Å². The van der Waals surface area contributed by atoms with E-state index in [4.69, 9.17) is 0 Å². The van der Waals surface area contributed by atoms with E-state index in [-0.39, 0.29) is 4.90 Å². The molecule has 0 radical (unpaired) electrons. The van der Waals surface area contributed by atoms with Crippen molar-refractivity contribution < 1.29 is 8.42 Å². The molecule has 1 aromatic heterocycles. The number of aromatic nitrogens is 1. The van der Waals surface area contributed by atoms with E-state index in [1.54, 1.807) is 6.07 Å². The molecule has 0 atom stereocenters. The molecule has 2 aliphatic rings. The minimum Gasteiger partial charge on any atom is -0.369 e. The van der Waals surface area contributed by atoms with Crippen molar-refractivity contribution in [3.63, 3.8) is 0 Å². The third-order valence-corrected chi connectivity index (χ3v) is 7.72. The van der Waals surface area contributed by atoms with E-state index in [0.29, 0.717) is 6.54 Å². The van der Waals surface area contributed by atoms with Crippen LogP contribution in [0.4, 0.5) is 11.4 Å². The number of sulfonamides is 1. The number of pyridine rings is 1. The number of para-hydroxylation sites is 1. The maximum atomic E-state index is 13.3. The van der Waals surface area contributed by atoms with Crippen LogP contribution in [0.15, 0.2) is 59.6 Å². The van der Waals surface area contributed by atoms with Crippen molar-refractivity contribution in [3.8, 4) is 0 Å². The van der Waals surface area contributed by atoms with Crippen LogP contribution in [0.2, 0.25) is 0 Å². The van der Waals surface area contributed by atoms with Gasteiger partial charge in [-0.15, -0.1) is 0 Å². The summed E-state index contributed by atoms with van der Waals surface area (Å²) in [5, 5.41) is 0.856. The number of anilines is 2. The van der Waals surface area contributed by atoms with Gasteiger partial charge in [-0.1, -0.05) is 18.2 Å². The predicted octanol–water partition coefficient (Wildman–Crippen LogP) is 2.74. The minimum atomic E-state index is -3.64. The summed E-state index contributed by atoms with van der Waals surface area (Å²) in [5.41, 5.74) is 3.78. The Morgan fingerprint density at radius 3 is 2.55 bits per heavy atom. The van der Waals surface area contributed by atoms with Gasteiger partial charge in [0.25, 0.3) is 10.0 Å². The molecule has 0 N–H and O–H groups in total. The Morgan fingerprint density at radius 1 is 0.931 bits per heavy atom. The zero-order chi connectivity index (χ0) is 20.0. The Balaban J connectivity index is 1.50. The van der Waals surface area contributed by atoms with E-state index in [0.717, 1.165) is 60.4 Å². The molecular weight excluding hydrogens is 384 g/mol. The molecule has 2 aromatic carbocycles. The number of likely N-dealkylation sites (N-methyl/N-ethyl adjacent to an activating group) is 1. The van der Waals surface area contributed by atoms with E-state index >= 15 is 0 Å². The number of hydrogen-bond acceptors (Lipinski definition) is 5. The van der Waals surface area contributed by atoms with Gasteiger partial charge in [-0.2, -0.15) is 0 Å². The van der Waals surface area contributed by atoms with Crippen molar-refractivity contribution in [1.82, 2.24) is 9.88 Å². The summed E-state index contributed by atoms with van der Waals surface area (Å²) in [6, 6.07) is 15.6. The zero-order valence-electron chi connectivity index (χ0n) is 16.5. The van der Waals surface area contributed by atoms with Crippen molar-refractivity contribution in [2.24, 2.45) is 0 Å². The molecule has 0 aliphatic carbocycles. The molecule has 0 spiro atoms. The highest BCUT2D eigenvalue weighted by molar-refractivity contribution is 7.92. The third-order valence-electron chi connectivity index (χ3n) is 5.94. The molecule has 0 bridgehead atoms. The lowest BCUT2D eigenvalue weighted by Gasteiger charge is -2.34. The fourth-order valence-electron chi connectivity index (χ4n) is 4.19. The average molecular weight is 409 g/mol. The fraction of sp³-hybridized carbons (Fsp3) is 0.318. The normalized spacial score (nSPS) is 17.7. The molecule has 0 amide bonds. The van der Waals surface area contributed by atoms with Gasteiger partial charge in [0.05, 0.1) is 11.2 Å². The van der Waals surface area contributed by atoms with Gasteiger partial charge in [0.15, 0.2) is 0 Å². The molecule has 5 rings (SSSR count). The quantitative estimate of drug-likeness (QED) is 0.667. The first-order valence-corrected chi connectivity index (χ1v) is 11.4. The predicted molar refractivity (Wildman–Crippen MR) is 116 cm³/mol. The number of rotatable bonds is 3. The van der Waals surface area contributed by atoms with Crippen molar-refractivity contribution >= 4 is 32.3 Å². The highest BCUT2D eigenvalue weighted by atomic mass is 32.2. The van der Waals surface area contributed by atoms with E-state index in [9.17, 15) is 8.42 Å². The van der Waals surface area contributed by atoms with Crippen LogP contribution in [0.3, 0.4) is 0 Å². The van der Waals surface area contributed by atoms with Crippen LogP contribution in [0, 0.1) is 0 Å². The highest BCUT2D eigenvalue weighted by Gasteiger charge is 2.31. The van der Waals surface area contributed by atoms with E-state index in [1.807, 2.05) is 30.3 Å². The molecule has 29 heavy (non-hydrogen) atoms. The minimum absolute atomic E-state index is 0.247. The first-order valence-electron chi connectivity index (χ1n) is 9.96. The van der Waals surface area contributed by atoms with Crippen molar-refractivity contribution in [1.29, 1.82) is 0 Å². The Hall–Kier alpha value is -2.64. The summed E-state index contributed by atoms with van der Waals surface area (Å²) >= 11 is 0. The van der Waals surface area contributed by atoms with E-state index < -0.39 is 10.0 Å². The van der Waals surface area contributed by atoms with Gasteiger partial charge in [0.2, 0.25) is 0 Å². The number of nitrogens with zero attached hydrogens (tertiary/aromatic N) is 4. The molecule has 3 aromatic rings. The van der Waals surface area contributed by atoms with Crippen LogP contribution in [-0.2, 0) is 16.4 Å². The van der Waals surface area contributed by atoms with Gasteiger partial charge in [0, 0.05) is 50.0 Å². The van der Waals surface area contributed by atoms with Crippen molar-refractivity contribution in [2.45, 2.75) is 11.3 Å². The number of hydrogen-bond donors (Lipinski definition) is 0. The van der Waals surface area contributed by atoms with Gasteiger partial charge in [-0.3, -0.25) is 9.29 Å². The van der Waals surface area contributed by atoms with Crippen molar-refractivity contribution in [2.75, 3.05) is 49.0 Å². The number of fused-ring (bicyclic) bond motifs is 2. The molecule has 0 unspecified atom stereocenters. The standard InChI is InChI=1S/C22H24N4O2S/c1-24-10-12-25(13-11-24)19-6-7-21-18(14-19)15-20(16-23-21)29(27,28)26-9-8-17-4-2-3-5-22(17)26/h2-7,14-16H,8-13H2,1H3. The van der Waals surface area contributed by atoms with E-state index in [2.05, 4.69) is 34.0 Å². The van der Waals surface area contributed by atoms with Gasteiger partial charge < -0.3 is 9.80 Å². The molecule has 0 saturated carbocycles. The van der Waals surface area contributed by atoms with Crippen LogP contribution in [0.5, 0.6) is 0 Å². The Bertz CT molecular complexity index is 1170. The molecule has 150 valence electrons. The maximum Gasteiger partial charge on any atom is 0.265 e. The van der Waals surface area contributed by atoms with Crippen molar-refractivity contribution in [3.05, 3.63) is 60.3 Å². The monoisotopic (exact) mass is 408 g/mol. The highest BCUT2D eigenvalue weighted by Crippen LogP contribution is 2.33. The van der Waals surface area contributed by atoms with Crippen LogP contribution in [-0.4, -0.2) is 58.1 Å². The SMILES string of the molecule is CN1CCN(c2ccc3ncc(S(=O)(=O)N4CCc5ccccc54)cc3c2)CC1. The fourth-order valence-corrected chi connectivity index (χ4v) is 5.67. The lowest BCUT2D eigenvalue weighted by molar-refractivity contribution is 0.313. The van der Waals surface area contributed by atoms with Crippen LogP contribution in [0.25, 0.3) is 10.9 Å². The second-order valence-corrected chi connectivity index (χ2v) is 9.66.